The lowest BCUT2D eigenvalue weighted by atomic mass is 9.91. The molecular weight excluding hydrogens is 1220 g/mol. The predicted molar refractivity (Wildman–Crippen MR) is 363 cm³/mol. The van der Waals surface area contributed by atoms with E-state index >= 15 is 19.2 Å². The van der Waals surface area contributed by atoms with Crippen LogP contribution in [0.2, 0.25) is 0 Å². The minimum atomic E-state index is -1.65. The third kappa shape index (κ3) is 26.3. The molecule has 0 aliphatic carbocycles. The zero-order valence-corrected chi connectivity index (χ0v) is 61.8. The van der Waals surface area contributed by atoms with Gasteiger partial charge in [-0.3, -0.25) is 57.5 Å². The van der Waals surface area contributed by atoms with Crippen LogP contribution in [0.1, 0.15) is 156 Å². The van der Waals surface area contributed by atoms with Crippen molar-refractivity contribution in [3.63, 3.8) is 0 Å². The van der Waals surface area contributed by atoms with E-state index in [0.29, 0.717) is 6.61 Å². The number of ether oxygens (including phenoxy) is 2. The smallest absolute Gasteiger partial charge is 0.247 e. The van der Waals surface area contributed by atoms with E-state index in [1.807, 2.05) is 55.4 Å². The maximum absolute atomic E-state index is 15.3. The second-order valence-corrected chi connectivity index (χ2v) is 28.0. The number of hydrogen-bond donors (Lipinski definition) is 6. The fraction of sp³-hybridized carbons (Fsp3) is 0.794. The molecule has 12 atom stereocenters. The number of aliphatic hydroxyl groups is 1. The van der Waals surface area contributed by atoms with Crippen LogP contribution in [0.5, 0.6) is 0 Å². The van der Waals surface area contributed by atoms with Gasteiger partial charge >= 0.3 is 0 Å². The summed E-state index contributed by atoms with van der Waals surface area (Å²) < 4.78 is 11.1. The molecule has 0 aromatic heterocycles. The van der Waals surface area contributed by atoms with E-state index in [0.717, 1.165) is 14.7 Å². The van der Waals surface area contributed by atoms with Crippen molar-refractivity contribution >= 4 is 70.9 Å². The lowest BCUT2D eigenvalue weighted by Gasteiger charge is -2.41. The number of nitrogens with zero attached hydrogens (tertiary/aromatic N) is 7. The molecule has 0 bridgehead atoms. The molecule has 1 rings (SSSR count). The Balaban J connectivity index is 4.48. The van der Waals surface area contributed by atoms with E-state index in [1.54, 1.807) is 67.5 Å². The van der Waals surface area contributed by atoms with Crippen LogP contribution in [0.15, 0.2) is 12.2 Å². The van der Waals surface area contributed by atoms with Crippen LogP contribution < -0.4 is 26.6 Å². The van der Waals surface area contributed by atoms with Crippen LogP contribution in [0, 0.1) is 41.4 Å². The zero-order valence-electron chi connectivity index (χ0n) is 61.8. The Kier molecular flexibility index (Phi) is 37.6. The molecule has 1 aliphatic heterocycles. The normalized spacial score (nSPS) is 25.3. The van der Waals surface area contributed by atoms with Gasteiger partial charge in [-0.1, -0.05) is 109 Å². The molecule has 1 saturated heterocycles. The topological polar surface area (TPSA) is 326 Å². The highest BCUT2D eigenvalue weighted by Gasteiger charge is 2.46. The van der Waals surface area contributed by atoms with E-state index in [9.17, 15) is 43.5 Å². The van der Waals surface area contributed by atoms with E-state index < -0.39 is 175 Å². The van der Waals surface area contributed by atoms with Gasteiger partial charge in [-0.15, -0.1) is 0 Å². The largest absolute Gasteiger partial charge is 0.390 e. The number of carbonyl (C=O) groups excluding carboxylic acids is 12. The number of rotatable bonds is 23. The minimum Gasteiger partial charge on any atom is -0.390 e. The maximum atomic E-state index is 15.3. The Bertz CT molecular complexity index is 2580. The molecule has 0 spiro atoms. The summed E-state index contributed by atoms with van der Waals surface area (Å²) >= 11 is 0. The Hall–Kier alpha value is -6.74. The molecule has 0 radical (unpaired) electrons. The number of likely N-dealkylation sites (N-methyl/N-ethyl adjacent to an activating group) is 7. The molecule has 27 heteroatoms. The standard InChI is InChI=1S/C68H122N12O15/c1-25-28-29-45(16)58(83)57-62(87)71-47(26-2)63(88)74(18)36-54(82)75(19)49(32-39(4)5)61(86)73-55(43(12)13)67(92)76(20)50(33-40(6)7)60(85)70-46(17)59(84)72-48(37-95-38-53(81)69-30-31-94-27-3)64(89)77(21)51(34-41(8)9)65(90)78(22)52(35-42(10)11)66(91)79(23)56(44(14)15)68(93)80(57)24/h25,28,39-52,55-58,83H,26-27,29-38H2,1-24H3,(H,69,81)(H,70,85)(H,71,87)(H,72,84)(H,73,86)/t45-,46+,47+,48-,49+,50+,51+,52+,55+,56+,57?,58-/m1/s1. The van der Waals surface area contributed by atoms with Gasteiger partial charge in [0.1, 0.15) is 67.0 Å². The van der Waals surface area contributed by atoms with E-state index in [4.69, 9.17) is 9.47 Å². The molecule has 1 unspecified atom stereocenters. The number of aliphatic hydroxyl groups excluding tert-OH is 1. The molecule has 0 aromatic carbocycles. The summed E-state index contributed by atoms with van der Waals surface area (Å²) in [6, 6.07) is -13.4. The van der Waals surface area contributed by atoms with Crippen molar-refractivity contribution in [2.45, 2.75) is 223 Å². The summed E-state index contributed by atoms with van der Waals surface area (Å²) in [5.74, 6) is -11.4. The second kappa shape index (κ2) is 41.4. The van der Waals surface area contributed by atoms with E-state index in [-0.39, 0.29) is 75.3 Å². The monoisotopic (exact) mass is 1350 g/mol. The average molecular weight is 1350 g/mol. The van der Waals surface area contributed by atoms with Gasteiger partial charge in [0.2, 0.25) is 70.9 Å². The fourth-order valence-corrected chi connectivity index (χ4v) is 11.4. The van der Waals surface area contributed by atoms with Crippen molar-refractivity contribution in [1.29, 1.82) is 0 Å². The minimum absolute atomic E-state index is 0.00118. The van der Waals surface area contributed by atoms with Crippen molar-refractivity contribution in [3.8, 4) is 0 Å². The average Bonchev–Trinajstić information content (AvgIpc) is 0.810. The highest BCUT2D eigenvalue weighted by molar-refractivity contribution is 5.99. The van der Waals surface area contributed by atoms with Crippen LogP contribution in [0.4, 0.5) is 0 Å². The van der Waals surface area contributed by atoms with Crippen LogP contribution >= 0.6 is 0 Å². The van der Waals surface area contributed by atoms with Gasteiger partial charge in [0.05, 0.1) is 25.9 Å². The fourth-order valence-electron chi connectivity index (χ4n) is 11.4. The molecule has 27 nitrogen and oxygen atoms in total. The summed E-state index contributed by atoms with van der Waals surface area (Å²) in [4.78, 5) is 184. The summed E-state index contributed by atoms with van der Waals surface area (Å²) in [7, 11) is 9.70. The molecule has 1 aliphatic rings. The van der Waals surface area contributed by atoms with Gasteiger partial charge in [0.15, 0.2) is 0 Å². The van der Waals surface area contributed by atoms with E-state index in [1.165, 1.54) is 75.9 Å². The van der Waals surface area contributed by atoms with Crippen molar-refractivity contribution in [3.05, 3.63) is 12.2 Å². The molecular formula is C68H122N12O15. The first kappa shape index (κ1) is 86.3. The van der Waals surface area contributed by atoms with Crippen LogP contribution in [-0.2, 0) is 67.0 Å². The summed E-state index contributed by atoms with van der Waals surface area (Å²) in [6.07, 6.45) is 2.68. The zero-order chi connectivity index (χ0) is 73.2. The van der Waals surface area contributed by atoms with Crippen molar-refractivity contribution in [2.24, 2.45) is 41.4 Å². The number of amides is 12. The summed E-state index contributed by atoms with van der Waals surface area (Å²) in [5, 5.41) is 25.8. The van der Waals surface area contributed by atoms with Gasteiger partial charge in [0.25, 0.3) is 0 Å². The Morgan fingerprint density at radius 2 is 1.00 bits per heavy atom. The van der Waals surface area contributed by atoms with Gasteiger partial charge in [-0.25, -0.2) is 0 Å². The molecule has 0 aromatic rings. The lowest BCUT2D eigenvalue weighted by Crippen LogP contribution is -2.63. The van der Waals surface area contributed by atoms with Crippen LogP contribution in [0.25, 0.3) is 0 Å². The first-order valence-corrected chi connectivity index (χ1v) is 33.9. The molecule has 95 heavy (non-hydrogen) atoms. The van der Waals surface area contributed by atoms with Crippen LogP contribution in [0.3, 0.4) is 0 Å². The first-order valence-electron chi connectivity index (χ1n) is 33.9. The molecule has 1 heterocycles. The Morgan fingerprint density at radius 1 is 0.537 bits per heavy atom. The highest BCUT2D eigenvalue weighted by Crippen LogP contribution is 2.26. The van der Waals surface area contributed by atoms with Crippen molar-refractivity contribution in [1.82, 2.24) is 60.9 Å². The number of allylic oxidation sites excluding steroid dienone is 2. The molecule has 1 fully saturated rings. The van der Waals surface area contributed by atoms with Crippen molar-refractivity contribution < 1.29 is 72.1 Å². The van der Waals surface area contributed by atoms with Gasteiger partial charge < -0.3 is 75.5 Å². The van der Waals surface area contributed by atoms with Gasteiger partial charge in [0, 0.05) is 62.5 Å². The van der Waals surface area contributed by atoms with E-state index in [2.05, 4.69) is 26.6 Å². The molecule has 12 amide bonds. The first-order chi connectivity index (χ1) is 44.1. The van der Waals surface area contributed by atoms with Gasteiger partial charge in [-0.2, -0.15) is 0 Å². The summed E-state index contributed by atoms with van der Waals surface area (Å²) in [6.45, 7) is 28.9. The molecule has 544 valence electrons. The third-order valence-corrected chi connectivity index (χ3v) is 17.3. The second-order valence-electron chi connectivity index (χ2n) is 28.0. The SMILES string of the molecule is CC=CC[C@@H](C)[C@@H](O)C1C(=O)N[C@@H](CC)C(=O)N(C)CC(=O)N(C)[C@@H](CC(C)C)C(=O)N[C@@H](C(C)C)C(=O)N(C)[C@@H](CC(C)C)C(=O)N[C@@H](C)C(=O)N[C@H](COCC(=O)NCCOCC)C(=O)N(C)[C@@H](CC(C)C)C(=O)N(C)[C@@H](CC(C)C)C(=O)N(C)[C@@H](C(C)C)C(=O)N1C. The number of nitrogens with one attached hydrogen (secondary N) is 5. The molecule has 0 saturated carbocycles. The lowest BCUT2D eigenvalue weighted by molar-refractivity contribution is -0.157. The van der Waals surface area contributed by atoms with Crippen molar-refractivity contribution in [2.75, 3.05) is 88.9 Å². The quantitative estimate of drug-likeness (QED) is 0.0632. The third-order valence-electron chi connectivity index (χ3n) is 17.3. The Morgan fingerprint density at radius 3 is 1.48 bits per heavy atom. The predicted octanol–water partition coefficient (Wildman–Crippen LogP) is 2.42. The summed E-state index contributed by atoms with van der Waals surface area (Å²) in [5.41, 5.74) is 0. The van der Waals surface area contributed by atoms with Crippen LogP contribution in [-0.4, -0.2) is 266 Å². The number of carbonyl (C=O) groups is 12. The molecule has 6 N–H and O–H groups in total. The Labute approximate surface area is 567 Å². The number of hydrogen-bond acceptors (Lipinski definition) is 15. The maximum Gasteiger partial charge on any atom is 0.247 e. The van der Waals surface area contributed by atoms with Gasteiger partial charge in [-0.05, 0) is 101 Å². The highest BCUT2D eigenvalue weighted by atomic mass is 16.5.